The first kappa shape index (κ1) is 16.3. The topological polar surface area (TPSA) is 35.5 Å². The van der Waals surface area contributed by atoms with Gasteiger partial charge in [-0.3, -0.25) is 4.79 Å². The first-order valence-electron chi connectivity index (χ1n) is 5.93. The van der Waals surface area contributed by atoms with Crippen LogP contribution in [0.25, 0.3) is 0 Å². The maximum absolute atomic E-state index is 11.3. The van der Waals surface area contributed by atoms with Gasteiger partial charge in [0.05, 0.1) is 21.1 Å². The molecule has 0 saturated carbocycles. The molecule has 0 aromatic heterocycles. The van der Waals surface area contributed by atoms with Crippen LogP contribution in [0, 0.1) is 0 Å². The summed E-state index contributed by atoms with van der Waals surface area (Å²) < 4.78 is 12.5. The molecule has 0 bridgehead atoms. The summed E-state index contributed by atoms with van der Waals surface area (Å²) in [7, 11) is 1.59. The van der Waals surface area contributed by atoms with Crippen LogP contribution in [0.15, 0.2) is 39.3 Å². The number of carbonyl (C=O) groups excluding carboxylic acids is 1. The molecule has 21 heavy (non-hydrogen) atoms. The minimum atomic E-state index is -0.0446. The predicted octanol–water partition coefficient (Wildman–Crippen LogP) is 5.87. The highest BCUT2D eigenvalue weighted by atomic mass is 79.9. The maximum atomic E-state index is 11.3. The summed E-state index contributed by atoms with van der Waals surface area (Å²) in [4.78, 5) is 11.3. The molecule has 0 atom stereocenters. The highest BCUT2D eigenvalue weighted by Crippen LogP contribution is 2.39. The lowest BCUT2D eigenvalue weighted by atomic mass is 10.1. The Morgan fingerprint density at radius 2 is 1.67 bits per heavy atom. The predicted molar refractivity (Wildman–Crippen MR) is 89.9 cm³/mol. The molecule has 0 aliphatic heterocycles. The Balaban J connectivity index is 2.34. The van der Waals surface area contributed by atoms with E-state index in [9.17, 15) is 4.79 Å². The lowest BCUT2D eigenvalue weighted by molar-refractivity contribution is 0.101. The van der Waals surface area contributed by atoms with E-state index in [1.807, 2.05) is 0 Å². The number of Topliss-reactive ketones (excluding diaryl/α,β-unsaturated/α-hetero) is 1. The summed E-state index contributed by atoms with van der Waals surface area (Å²) in [5.74, 6) is 1.70. The summed E-state index contributed by atoms with van der Waals surface area (Å²) in [5.41, 5.74) is 0.544. The summed E-state index contributed by atoms with van der Waals surface area (Å²) in [5, 5.41) is 0.376. The fourth-order valence-electron chi connectivity index (χ4n) is 1.67. The molecule has 2 aromatic carbocycles. The zero-order valence-corrected chi connectivity index (χ0v) is 15.2. The van der Waals surface area contributed by atoms with Crippen molar-refractivity contribution in [2.45, 2.75) is 6.92 Å². The number of methoxy groups -OCH3 is 1. The highest BCUT2D eigenvalue weighted by Gasteiger charge is 2.12. The molecule has 0 saturated heterocycles. The van der Waals surface area contributed by atoms with Crippen molar-refractivity contribution in [3.63, 3.8) is 0 Å². The molecule has 0 heterocycles. The first-order chi connectivity index (χ1) is 9.92. The number of carbonyl (C=O) groups is 1. The Kier molecular flexibility index (Phi) is 5.30. The average Bonchev–Trinajstić information content (AvgIpc) is 2.44. The number of halogens is 3. The standard InChI is InChI=1S/C15H11Br2ClO3/c1-8(19)9-3-4-13(12(18)5-9)21-15-7-10(16)14(20-2)6-11(15)17/h3-7H,1-2H3. The average molecular weight is 435 g/mol. The molecule has 0 unspecified atom stereocenters. The van der Waals surface area contributed by atoms with E-state index in [1.165, 1.54) is 6.92 Å². The van der Waals surface area contributed by atoms with E-state index in [4.69, 9.17) is 21.1 Å². The fourth-order valence-corrected chi connectivity index (χ4v) is 2.77. The van der Waals surface area contributed by atoms with Crippen molar-refractivity contribution in [1.29, 1.82) is 0 Å². The van der Waals surface area contributed by atoms with E-state index < -0.39 is 0 Å². The van der Waals surface area contributed by atoms with Crippen molar-refractivity contribution in [2.24, 2.45) is 0 Å². The first-order valence-corrected chi connectivity index (χ1v) is 7.90. The highest BCUT2D eigenvalue weighted by molar-refractivity contribution is 9.11. The van der Waals surface area contributed by atoms with E-state index in [-0.39, 0.29) is 5.78 Å². The van der Waals surface area contributed by atoms with E-state index in [2.05, 4.69) is 31.9 Å². The smallest absolute Gasteiger partial charge is 0.159 e. The second kappa shape index (κ2) is 6.81. The summed E-state index contributed by atoms with van der Waals surface area (Å²) in [6, 6.07) is 8.50. The van der Waals surface area contributed by atoms with Gasteiger partial charge in [-0.15, -0.1) is 0 Å². The van der Waals surface area contributed by atoms with Crippen LogP contribution >= 0.6 is 43.5 Å². The lowest BCUT2D eigenvalue weighted by Gasteiger charge is -2.12. The van der Waals surface area contributed by atoms with E-state index in [0.29, 0.717) is 27.8 Å². The summed E-state index contributed by atoms with van der Waals surface area (Å²) >= 11 is 13.0. The van der Waals surface area contributed by atoms with Crippen molar-refractivity contribution in [3.8, 4) is 17.2 Å². The van der Waals surface area contributed by atoms with Gasteiger partial charge in [0.2, 0.25) is 0 Å². The molecule has 0 aliphatic carbocycles. The second-order valence-electron chi connectivity index (χ2n) is 4.22. The Hall–Kier alpha value is -1.04. The molecule has 0 fully saturated rings. The van der Waals surface area contributed by atoms with Gasteiger partial charge in [-0.05, 0) is 69.1 Å². The number of hydrogen-bond donors (Lipinski definition) is 0. The quantitative estimate of drug-likeness (QED) is 0.565. The molecule has 0 spiro atoms. The van der Waals surface area contributed by atoms with E-state index in [1.54, 1.807) is 37.4 Å². The van der Waals surface area contributed by atoms with Gasteiger partial charge in [0.25, 0.3) is 0 Å². The molecule has 0 amide bonds. The molecule has 3 nitrogen and oxygen atoms in total. The van der Waals surface area contributed by atoms with Gasteiger partial charge in [-0.25, -0.2) is 0 Å². The molecule has 0 N–H and O–H groups in total. The van der Waals surface area contributed by atoms with Crippen molar-refractivity contribution in [2.75, 3.05) is 7.11 Å². The second-order valence-corrected chi connectivity index (χ2v) is 6.34. The van der Waals surface area contributed by atoms with Crippen molar-refractivity contribution in [3.05, 3.63) is 49.9 Å². The van der Waals surface area contributed by atoms with Crippen LogP contribution in [-0.4, -0.2) is 12.9 Å². The lowest BCUT2D eigenvalue weighted by Crippen LogP contribution is -1.94. The summed E-state index contributed by atoms with van der Waals surface area (Å²) in [6.45, 7) is 1.49. The third-order valence-corrected chi connectivity index (χ3v) is 4.30. The van der Waals surface area contributed by atoms with Gasteiger partial charge in [0.15, 0.2) is 5.78 Å². The van der Waals surface area contributed by atoms with E-state index in [0.717, 1.165) is 8.95 Å². The van der Waals surface area contributed by atoms with Crippen LogP contribution < -0.4 is 9.47 Å². The largest absolute Gasteiger partial charge is 0.496 e. The van der Waals surface area contributed by atoms with E-state index >= 15 is 0 Å². The Bertz CT molecular complexity index is 702. The number of benzene rings is 2. The number of ether oxygens (including phenoxy) is 2. The zero-order valence-electron chi connectivity index (χ0n) is 11.2. The van der Waals surface area contributed by atoms with Gasteiger partial charge in [-0.2, -0.15) is 0 Å². The Morgan fingerprint density at radius 1 is 1.05 bits per heavy atom. The minimum Gasteiger partial charge on any atom is -0.496 e. The molecule has 110 valence electrons. The van der Waals surface area contributed by atoms with Gasteiger partial charge < -0.3 is 9.47 Å². The van der Waals surface area contributed by atoms with Crippen molar-refractivity contribution < 1.29 is 14.3 Å². The third kappa shape index (κ3) is 3.78. The van der Waals surface area contributed by atoms with Crippen LogP contribution in [0.5, 0.6) is 17.2 Å². The van der Waals surface area contributed by atoms with Gasteiger partial charge in [0.1, 0.15) is 17.2 Å². The number of ketones is 1. The Labute approximate surface area is 144 Å². The normalized spacial score (nSPS) is 10.3. The van der Waals surface area contributed by atoms with Gasteiger partial charge in [-0.1, -0.05) is 11.6 Å². The SMILES string of the molecule is COc1cc(Br)c(Oc2ccc(C(C)=O)cc2Cl)cc1Br. The molecule has 2 aromatic rings. The molecule has 0 aliphatic rings. The van der Waals surface area contributed by atoms with Crippen LogP contribution in [-0.2, 0) is 0 Å². The zero-order chi connectivity index (χ0) is 15.6. The molecule has 0 radical (unpaired) electrons. The van der Waals surface area contributed by atoms with Gasteiger partial charge >= 0.3 is 0 Å². The third-order valence-electron chi connectivity index (χ3n) is 2.76. The van der Waals surface area contributed by atoms with Crippen LogP contribution in [0.2, 0.25) is 5.02 Å². The van der Waals surface area contributed by atoms with Crippen LogP contribution in [0.1, 0.15) is 17.3 Å². The Morgan fingerprint density at radius 3 is 2.24 bits per heavy atom. The fraction of sp³-hybridized carbons (Fsp3) is 0.133. The molecular formula is C15H11Br2ClO3. The van der Waals surface area contributed by atoms with Crippen molar-refractivity contribution >= 4 is 49.2 Å². The van der Waals surface area contributed by atoms with Gasteiger partial charge in [0, 0.05) is 5.56 Å². The molecule has 6 heteroatoms. The maximum Gasteiger partial charge on any atom is 0.159 e. The number of hydrogen-bond acceptors (Lipinski definition) is 3. The number of rotatable bonds is 4. The molecule has 2 rings (SSSR count). The summed E-state index contributed by atoms with van der Waals surface area (Å²) in [6.07, 6.45) is 0. The minimum absolute atomic E-state index is 0.0446. The monoisotopic (exact) mass is 432 g/mol. The van der Waals surface area contributed by atoms with Crippen LogP contribution in [0.3, 0.4) is 0 Å². The molecular weight excluding hydrogens is 423 g/mol. The van der Waals surface area contributed by atoms with Crippen LogP contribution in [0.4, 0.5) is 0 Å². The van der Waals surface area contributed by atoms with Crippen molar-refractivity contribution in [1.82, 2.24) is 0 Å².